The Morgan fingerprint density at radius 2 is 0.821 bits per heavy atom. The first-order valence-corrected chi connectivity index (χ1v) is 19.4. The number of hydrogen-bond donors (Lipinski definition) is 0. The molecule has 0 bridgehead atoms. The summed E-state index contributed by atoms with van der Waals surface area (Å²) < 4.78 is 6.81. The molecule has 1 heterocycles. The van der Waals surface area contributed by atoms with Gasteiger partial charge in [0.25, 0.3) is 0 Å². The van der Waals surface area contributed by atoms with Crippen LogP contribution in [0.25, 0.3) is 61.0 Å². The molecule has 0 radical (unpaired) electrons. The van der Waals surface area contributed by atoms with Crippen molar-refractivity contribution >= 4 is 33.6 Å². The van der Waals surface area contributed by atoms with E-state index in [1.165, 1.54) is 61.0 Å². The van der Waals surface area contributed by atoms with Crippen molar-refractivity contribution in [2.75, 3.05) is 4.90 Å². The van der Waals surface area contributed by atoms with Gasteiger partial charge in [0.2, 0.25) is 0 Å². The third kappa shape index (κ3) is 6.32. The molecule has 1 aliphatic carbocycles. The van der Waals surface area contributed by atoms with Crippen LogP contribution in [0.3, 0.4) is 0 Å². The molecule has 0 atom stereocenters. The van der Waals surface area contributed by atoms with Gasteiger partial charge in [-0.3, -0.25) is 0 Å². The van der Waals surface area contributed by atoms with Crippen molar-refractivity contribution in [1.82, 2.24) is 0 Å². The largest absolute Gasteiger partial charge is 0.455 e. The Morgan fingerprint density at radius 1 is 0.375 bits per heavy atom. The van der Waals surface area contributed by atoms with Gasteiger partial charge in [-0.2, -0.15) is 0 Å². The average molecular weight is 718 g/mol. The Balaban J connectivity index is 0.984. The zero-order chi connectivity index (χ0) is 37.3. The van der Waals surface area contributed by atoms with Crippen molar-refractivity contribution in [2.45, 2.75) is 12.8 Å². The summed E-state index contributed by atoms with van der Waals surface area (Å²) in [5.41, 5.74) is 17.4. The molecule has 266 valence electrons. The first kappa shape index (κ1) is 33.4. The van der Waals surface area contributed by atoms with E-state index >= 15 is 0 Å². The van der Waals surface area contributed by atoms with E-state index in [0.717, 1.165) is 46.8 Å². The van der Waals surface area contributed by atoms with Crippen molar-refractivity contribution in [3.63, 3.8) is 0 Å². The summed E-state index contributed by atoms with van der Waals surface area (Å²) in [6.07, 6.45) is 4.31. The second kappa shape index (κ2) is 14.6. The van der Waals surface area contributed by atoms with Crippen LogP contribution in [0.15, 0.2) is 217 Å². The summed E-state index contributed by atoms with van der Waals surface area (Å²) in [6.45, 7) is 0. The van der Waals surface area contributed by atoms with E-state index in [4.69, 9.17) is 4.42 Å². The summed E-state index contributed by atoms with van der Waals surface area (Å²) in [7, 11) is 0. The second-order valence-corrected chi connectivity index (χ2v) is 14.4. The second-order valence-electron chi connectivity index (χ2n) is 14.4. The number of fused-ring (bicyclic) bond motifs is 3. The van der Waals surface area contributed by atoms with E-state index in [-0.39, 0.29) is 0 Å². The molecule has 2 nitrogen and oxygen atoms in total. The number of nitrogens with zero attached hydrogens (tertiary/aromatic N) is 1. The molecule has 1 aromatic heterocycles. The smallest absolute Gasteiger partial charge is 0.142 e. The Morgan fingerprint density at radius 3 is 1.38 bits per heavy atom. The van der Waals surface area contributed by atoms with Crippen molar-refractivity contribution in [3.05, 3.63) is 229 Å². The van der Waals surface area contributed by atoms with Gasteiger partial charge in [-0.25, -0.2) is 0 Å². The lowest BCUT2D eigenvalue weighted by molar-refractivity contribution is 0.592. The number of allylic oxidation sites excluding steroid dienone is 1. The van der Waals surface area contributed by atoms with Gasteiger partial charge in [-0.1, -0.05) is 170 Å². The molecule has 0 amide bonds. The molecule has 0 unspecified atom stereocenters. The standard InChI is InChI=1S/C54H39NO/c1-4-13-38(14-5-1)40-25-31-46(32-26-40)55(47-33-27-41(28-34-47)39-15-6-2-7-16-39)48-35-29-42(30-36-48)44-19-10-20-45(37-44)50-22-12-24-52-51-23-11-21-49(53(51)56-54(50)52)43-17-8-3-9-18-43/h1-11,13-23,25-37H,12,24H2. The quantitative estimate of drug-likeness (QED) is 0.156. The minimum atomic E-state index is 0.970. The highest BCUT2D eigenvalue weighted by atomic mass is 16.3. The maximum atomic E-state index is 6.81. The van der Waals surface area contributed by atoms with Crippen LogP contribution in [-0.2, 0) is 6.42 Å². The van der Waals surface area contributed by atoms with Gasteiger partial charge in [-0.15, -0.1) is 0 Å². The number of aryl methyl sites for hydroxylation is 1. The van der Waals surface area contributed by atoms with Crippen molar-refractivity contribution in [2.24, 2.45) is 0 Å². The van der Waals surface area contributed by atoms with Crippen LogP contribution in [0.1, 0.15) is 23.3 Å². The number of benzene rings is 8. The van der Waals surface area contributed by atoms with Gasteiger partial charge in [0.15, 0.2) is 0 Å². The Hall–Kier alpha value is -7.16. The van der Waals surface area contributed by atoms with Crippen LogP contribution < -0.4 is 4.90 Å². The molecule has 0 spiro atoms. The molecule has 0 saturated heterocycles. The molecule has 9 aromatic rings. The van der Waals surface area contributed by atoms with Crippen LogP contribution in [0.5, 0.6) is 0 Å². The minimum absolute atomic E-state index is 0.970. The predicted octanol–water partition coefficient (Wildman–Crippen LogP) is 14.9. The van der Waals surface area contributed by atoms with Gasteiger partial charge >= 0.3 is 0 Å². The summed E-state index contributed by atoms with van der Waals surface area (Å²) in [5.74, 6) is 0.995. The van der Waals surface area contributed by atoms with Crippen LogP contribution in [0, 0.1) is 0 Å². The lowest BCUT2D eigenvalue weighted by atomic mass is 9.89. The maximum absolute atomic E-state index is 6.81. The van der Waals surface area contributed by atoms with E-state index in [1.807, 2.05) is 0 Å². The van der Waals surface area contributed by atoms with Crippen molar-refractivity contribution < 1.29 is 4.42 Å². The lowest BCUT2D eigenvalue weighted by Gasteiger charge is -2.26. The minimum Gasteiger partial charge on any atom is -0.455 e. The van der Waals surface area contributed by atoms with Gasteiger partial charge in [0.1, 0.15) is 11.3 Å². The summed E-state index contributed by atoms with van der Waals surface area (Å²) in [6, 6.07) is 73.8. The lowest BCUT2D eigenvalue weighted by Crippen LogP contribution is -2.09. The van der Waals surface area contributed by atoms with Gasteiger partial charge in [0.05, 0.1) is 0 Å². The van der Waals surface area contributed by atoms with E-state index in [1.54, 1.807) is 0 Å². The SMILES string of the molecule is C1=C(c2cccc(-c3ccc(N(c4ccc(-c5ccccc5)cc4)c4ccc(-c5ccccc5)cc4)cc3)c2)c2oc3c(-c4ccccc4)cccc3c2CC1. The van der Waals surface area contributed by atoms with Crippen LogP contribution in [0.2, 0.25) is 0 Å². The first-order chi connectivity index (χ1) is 27.8. The van der Waals surface area contributed by atoms with E-state index in [9.17, 15) is 0 Å². The third-order valence-electron chi connectivity index (χ3n) is 11.0. The molecule has 8 aromatic carbocycles. The molecule has 0 fully saturated rings. The highest BCUT2D eigenvalue weighted by molar-refractivity contribution is 5.99. The molecule has 1 aliphatic rings. The Bertz CT molecular complexity index is 2710. The monoisotopic (exact) mass is 717 g/mol. The molecular formula is C54H39NO. The molecule has 0 saturated carbocycles. The van der Waals surface area contributed by atoms with Crippen molar-refractivity contribution in [1.29, 1.82) is 0 Å². The van der Waals surface area contributed by atoms with Gasteiger partial charge in [-0.05, 0) is 99.8 Å². The molecule has 0 aliphatic heterocycles. The fourth-order valence-corrected chi connectivity index (χ4v) is 8.17. The van der Waals surface area contributed by atoms with E-state index in [0.29, 0.717) is 0 Å². The fraction of sp³-hybridized carbons (Fsp3) is 0.0370. The highest BCUT2D eigenvalue weighted by Crippen LogP contribution is 2.43. The van der Waals surface area contributed by atoms with E-state index < -0.39 is 0 Å². The zero-order valence-electron chi connectivity index (χ0n) is 31.0. The number of para-hydroxylation sites is 1. The molecule has 0 N–H and O–H groups in total. The number of hydrogen-bond acceptors (Lipinski definition) is 2. The molecule has 2 heteroatoms. The Kier molecular flexibility index (Phi) is 8.70. The number of anilines is 3. The normalized spacial score (nSPS) is 12.2. The van der Waals surface area contributed by atoms with E-state index in [2.05, 4.69) is 217 Å². The highest BCUT2D eigenvalue weighted by Gasteiger charge is 2.24. The topological polar surface area (TPSA) is 16.4 Å². The number of rotatable bonds is 8. The Labute approximate surface area is 328 Å². The van der Waals surface area contributed by atoms with Gasteiger partial charge < -0.3 is 9.32 Å². The summed E-state index contributed by atoms with van der Waals surface area (Å²) in [4.78, 5) is 2.34. The molecule has 56 heavy (non-hydrogen) atoms. The first-order valence-electron chi connectivity index (χ1n) is 19.4. The summed E-state index contributed by atoms with van der Waals surface area (Å²) in [5, 5.41) is 1.22. The zero-order valence-corrected chi connectivity index (χ0v) is 31.0. The average Bonchev–Trinajstić information content (AvgIpc) is 3.68. The van der Waals surface area contributed by atoms with Crippen LogP contribution >= 0.6 is 0 Å². The van der Waals surface area contributed by atoms with Gasteiger partial charge in [0, 0.05) is 39.1 Å². The van der Waals surface area contributed by atoms with Crippen LogP contribution in [0.4, 0.5) is 17.1 Å². The predicted molar refractivity (Wildman–Crippen MR) is 234 cm³/mol. The maximum Gasteiger partial charge on any atom is 0.142 e. The number of furan rings is 1. The fourth-order valence-electron chi connectivity index (χ4n) is 8.17. The van der Waals surface area contributed by atoms with Crippen LogP contribution in [-0.4, -0.2) is 0 Å². The summed E-state index contributed by atoms with van der Waals surface area (Å²) >= 11 is 0. The van der Waals surface area contributed by atoms with Crippen molar-refractivity contribution in [3.8, 4) is 44.5 Å². The molecule has 10 rings (SSSR count). The third-order valence-corrected chi connectivity index (χ3v) is 11.0. The molecular weight excluding hydrogens is 679 g/mol.